The molecule has 0 fully saturated rings. The highest BCUT2D eigenvalue weighted by Gasteiger charge is 2.21. The zero-order chi connectivity index (χ0) is 21.4. The molecule has 156 valence electrons. The summed E-state index contributed by atoms with van der Waals surface area (Å²) in [4.78, 5) is 16.7. The fourth-order valence-corrected chi connectivity index (χ4v) is 4.12. The van der Waals surface area contributed by atoms with Gasteiger partial charge in [-0.05, 0) is 60.9 Å². The van der Waals surface area contributed by atoms with Crippen molar-refractivity contribution in [3.05, 3.63) is 77.9 Å². The summed E-state index contributed by atoms with van der Waals surface area (Å²) in [7, 11) is 1.59. The van der Waals surface area contributed by atoms with E-state index < -0.39 is 0 Å². The molecule has 0 amide bonds. The van der Waals surface area contributed by atoms with Crippen molar-refractivity contribution < 1.29 is 9.13 Å². The van der Waals surface area contributed by atoms with Crippen LogP contribution >= 0.6 is 0 Å². The molecular formula is C24H22FN5O. The van der Waals surface area contributed by atoms with Crippen LogP contribution in [0, 0.1) is 12.7 Å². The van der Waals surface area contributed by atoms with Crippen molar-refractivity contribution in [1.29, 1.82) is 0 Å². The third-order valence-corrected chi connectivity index (χ3v) is 5.62. The van der Waals surface area contributed by atoms with E-state index >= 15 is 0 Å². The minimum Gasteiger partial charge on any atom is -0.496 e. The monoisotopic (exact) mass is 415 g/mol. The smallest absolute Gasteiger partial charge is 0.138 e. The number of benzene rings is 1. The van der Waals surface area contributed by atoms with Gasteiger partial charge in [-0.2, -0.15) is 0 Å². The van der Waals surface area contributed by atoms with Gasteiger partial charge in [0.15, 0.2) is 0 Å². The second kappa shape index (κ2) is 7.92. The number of hydrogen-bond donors (Lipinski definition) is 2. The predicted molar refractivity (Wildman–Crippen MR) is 118 cm³/mol. The van der Waals surface area contributed by atoms with Crippen LogP contribution in [0.1, 0.15) is 29.7 Å². The van der Waals surface area contributed by atoms with Crippen molar-refractivity contribution in [3.8, 4) is 16.9 Å². The van der Waals surface area contributed by atoms with E-state index in [1.54, 1.807) is 25.6 Å². The van der Waals surface area contributed by atoms with Crippen LogP contribution in [0.4, 0.5) is 4.39 Å². The minimum absolute atomic E-state index is 0.115. The lowest BCUT2D eigenvalue weighted by Crippen LogP contribution is -2.26. The molecule has 1 aromatic carbocycles. The Balaban J connectivity index is 1.53. The predicted octanol–water partition coefficient (Wildman–Crippen LogP) is 4.59. The fraction of sp³-hybridized carbons (Fsp3) is 0.208. The molecule has 6 nitrogen and oxygen atoms in total. The third kappa shape index (κ3) is 3.68. The number of aromatic nitrogens is 4. The van der Waals surface area contributed by atoms with Crippen LogP contribution in [-0.2, 0) is 0 Å². The van der Waals surface area contributed by atoms with E-state index in [-0.39, 0.29) is 11.9 Å². The number of nitrogens with one attached hydrogen (secondary N) is 2. The summed E-state index contributed by atoms with van der Waals surface area (Å²) in [5.74, 6) is 1.08. The maximum absolute atomic E-state index is 14.0. The summed E-state index contributed by atoms with van der Waals surface area (Å²) >= 11 is 0. The highest BCUT2D eigenvalue weighted by Crippen LogP contribution is 2.37. The van der Waals surface area contributed by atoms with Gasteiger partial charge in [0, 0.05) is 35.6 Å². The Morgan fingerprint density at radius 3 is 2.77 bits per heavy atom. The molecule has 2 N–H and O–H groups in total. The SMILES string of the molecule is COc1ccc(F)cc1-c1ccnc2[nH]c(C3=CCNC(c4ccnc(C)n4)C3)cc12. The zero-order valence-electron chi connectivity index (χ0n) is 17.3. The van der Waals surface area contributed by atoms with Crippen molar-refractivity contribution in [2.24, 2.45) is 0 Å². The van der Waals surface area contributed by atoms with Gasteiger partial charge in [-0.15, -0.1) is 0 Å². The van der Waals surface area contributed by atoms with E-state index in [9.17, 15) is 4.39 Å². The Labute approximate surface area is 179 Å². The lowest BCUT2D eigenvalue weighted by Gasteiger charge is -2.23. The molecule has 1 atom stereocenters. The van der Waals surface area contributed by atoms with Crippen LogP contribution in [-0.4, -0.2) is 33.6 Å². The number of pyridine rings is 1. The quantitative estimate of drug-likeness (QED) is 0.510. The summed E-state index contributed by atoms with van der Waals surface area (Å²) < 4.78 is 19.5. The summed E-state index contributed by atoms with van der Waals surface area (Å²) in [5.41, 5.74) is 5.51. The van der Waals surface area contributed by atoms with Gasteiger partial charge in [-0.25, -0.2) is 19.3 Å². The summed E-state index contributed by atoms with van der Waals surface area (Å²) in [6.07, 6.45) is 6.49. The van der Waals surface area contributed by atoms with Crippen LogP contribution in [0.25, 0.3) is 27.7 Å². The van der Waals surface area contributed by atoms with E-state index in [1.165, 1.54) is 17.7 Å². The molecular weight excluding hydrogens is 393 g/mol. The lowest BCUT2D eigenvalue weighted by molar-refractivity contribution is 0.415. The standard InChI is InChI=1S/C24H22FN5O/c1-14-26-10-7-20(29-14)22-11-15(5-8-27-22)21-13-19-17(6-9-28-24(19)30-21)18-12-16(25)3-4-23(18)31-2/h3-7,9-10,12-13,22,27H,8,11H2,1-2H3,(H,28,30). The second-order valence-corrected chi connectivity index (χ2v) is 7.57. The zero-order valence-corrected chi connectivity index (χ0v) is 17.3. The second-order valence-electron chi connectivity index (χ2n) is 7.57. The highest BCUT2D eigenvalue weighted by molar-refractivity contribution is 5.96. The molecule has 4 heterocycles. The Morgan fingerprint density at radius 1 is 1.06 bits per heavy atom. The first-order valence-corrected chi connectivity index (χ1v) is 10.2. The Morgan fingerprint density at radius 2 is 1.94 bits per heavy atom. The Kier molecular flexibility index (Phi) is 4.95. The van der Waals surface area contributed by atoms with Gasteiger partial charge < -0.3 is 15.0 Å². The third-order valence-electron chi connectivity index (χ3n) is 5.62. The fourth-order valence-electron chi connectivity index (χ4n) is 4.12. The normalized spacial score (nSPS) is 16.4. The van der Waals surface area contributed by atoms with E-state index in [0.29, 0.717) is 11.3 Å². The number of nitrogens with zero attached hydrogens (tertiary/aromatic N) is 3. The maximum atomic E-state index is 14.0. The van der Waals surface area contributed by atoms with Crippen molar-refractivity contribution >= 4 is 16.6 Å². The van der Waals surface area contributed by atoms with Crippen molar-refractivity contribution in [2.75, 3.05) is 13.7 Å². The molecule has 1 aliphatic rings. The number of aromatic amines is 1. The summed E-state index contributed by atoms with van der Waals surface area (Å²) in [6.45, 7) is 2.64. The van der Waals surface area contributed by atoms with Gasteiger partial charge in [0.05, 0.1) is 18.8 Å². The molecule has 0 saturated carbocycles. The molecule has 31 heavy (non-hydrogen) atoms. The van der Waals surface area contributed by atoms with Gasteiger partial charge in [-0.3, -0.25) is 0 Å². The Bertz CT molecular complexity index is 1300. The van der Waals surface area contributed by atoms with Gasteiger partial charge in [0.1, 0.15) is 23.0 Å². The first-order chi connectivity index (χ1) is 15.1. The average Bonchev–Trinajstić information content (AvgIpc) is 3.24. The van der Waals surface area contributed by atoms with Crippen LogP contribution in [0.2, 0.25) is 0 Å². The molecule has 5 rings (SSSR count). The van der Waals surface area contributed by atoms with Gasteiger partial charge >= 0.3 is 0 Å². The molecule has 0 radical (unpaired) electrons. The summed E-state index contributed by atoms with van der Waals surface area (Å²) in [5, 5.41) is 4.43. The molecule has 0 saturated heterocycles. The minimum atomic E-state index is -0.305. The first kappa shape index (κ1) is 19.4. The number of ether oxygens (including phenoxy) is 1. The van der Waals surface area contributed by atoms with Crippen LogP contribution in [0.3, 0.4) is 0 Å². The molecule has 0 aliphatic carbocycles. The van der Waals surface area contributed by atoms with Crippen LogP contribution in [0.5, 0.6) is 5.75 Å². The lowest BCUT2D eigenvalue weighted by atomic mass is 9.96. The molecule has 7 heteroatoms. The number of fused-ring (bicyclic) bond motifs is 1. The first-order valence-electron chi connectivity index (χ1n) is 10.2. The number of methoxy groups -OCH3 is 1. The van der Waals surface area contributed by atoms with Crippen LogP contribution in [0.15, 0.2) is 54.9 Å². The van der Waals surface area contributed by atoms with Gasteiger partial charge in [-0.1, -0.05) is 6.08 Å². The summed E-state index contributed by atoms with van der Waals surface area (Å²) in [6, 6.07) is 10.6. The largest absolute Gasteiger partial charge is 0.496 e. The maximum Gasteiger partial charge on any atom is 0.138 e. The highest BCUT2D eigenvalue weighted by atomic mass is 19.1. The molecule has 4 aromatic rings. The number of aryl methyl sites for hydroxylation is 1. The van der Waals surface area contributed by atoms with E-state index in [4.69, 9.17) is 4.74 Å². The van der Waals surface area contributed by atoms with Crippen LogP contribution < -0.4 is 10.1 Å². The van der Waals surface area contributed by atoms with Crippen molar-refractivity contribution in [2.45, 2.75) is 19.4 Å². The molecule has 1 unspecified atom stereocenters. The topological polar surface area (TPSA) is 75.7 Å². The van der Waals surface area contributed by atoms with Crippen molar-refractivity contribution in [3.63, 3.8) is 0 Å². The number of H-pyrrole nitrogens is 1. The molecule has 3 aromatic heterocycles. The number of halogens is 1. The van der Waals surface area contributed by atoms with Crippen molar-refractivity contribution in [1.82, 2.24) is 25.3 Å². The molecule has 0 spiro atoms. The van der Waals surface area contributed by atoms with E-state index in [1.807, 2.05) is 19.1 Å². The number of hydrogen-bond acceptors (Lipinski definition) is 5. The van der Waals surface area contributed by atoms with Gasteiger partial charge in [0.2, 0.25) is 0 Å². The number of rotatable bonds is 4. The Hall–Kier alpha value is -3.58. The van der Waals surface area contributed by atoms with E-state index in [0.717, 1.165) is 46.8 Å². The molecule has 0 bridgehead atoms. The molecule has 1 aliphatic heterocycles. The van der Waals surface area contributed by atoms with Gasteiger partial charge in [0.25, 0.3) is 0 Å². The average molecular weight is 415 g/mol. The van der Waals surface area contributed by atoms with E-state index in [2.05, 4.69) is 37.4 Å².